The molecule has 3 aromatic rings. The van der Waals surface area contributed by atoms with Crippen molar-refractivity contribution in [3.8, 4) is 23.0 Å². The number of ether oxygens (including phenoxy) is 4. The molecule has 0 aromatic heterocycles. The lowest BCUT2D eigenvalue weighted by atomic mass is 9.96. The SMILES string of the molecule is CCCOc1ccc(/C(=C\C(=O)N2CCN(C(=O)c3cc(OC)c(OC)c(OC)c3)CC2)c2cccc(C)c2)cc1. The van der Waals surface area contributed by atoms with Gasteiger partial charge in [-0.25, -0.2) is 0 Å². The lowest BCUT2D eigenvalue weighted by Crippen LogP contribution is -2.50. The van der Waals surface area contributed by atoms with E-state index in [-0.39, 0.29) is 11.8 Å². The van der Waals surface area contributed by atoms with Crippen LogP contribution in [0, 0.1) is 6.92 Å². The summed E-state index contributed by atoms with van der Waals surface area (Å²) < 4.78 is 21.9. The molecule has 0 aliphatic carbocycles. The second-order valence-electron chi connectivity index (χ2n) is 9.83. The van der Waals surface area contributed by atoms with E-state index in [1.54, 1.807) is 28.0 Å². The quantitative estimate of drug-likeness (QED) is 0.318. The molecule has 8 heteroatoms. The van der Waals surface area contributed by atoms with E-state index in [0.717, 1.165) is 34.4 Å². The number of aryl methyl sites for hydroxylation is 1. The summed E-state index contributed by atoms with van der Waals surface area (Å²) in [5, 5.41) is 0. The van der Waals surface area contributed by atoms with E-state index in [4.69, 9.17) is 18.9 Å². The first-order chi connectivity index (χ1) is 19.9. The predicted octanol–water partition coefficient (Wildman–Crippen LogP) is 5.23. The summed E-state index contributed by atoms with van der Waals surface area (Å²) in [7, 11) is 4.56. The number of amides is 2. The van der Waals surface area contributed by atoms with Gasteiger partial charge in [0.2, 0.25) is 11.7 Å². The van der Waals surface area contributed by atoms with Gasteiger partial charge in [0.15, 0.2) is 11.5 Å². The van der Waals surface area contributed by atoms with Crippen molar-refractivity contribution >= 4 is 17.4 Å². The molecule has 0 N–H and O–H groups in total. The molecule has 41 heavy (non-hydrogen) atoms. The predicted molar refractivity (Wildman–Crippen MR) is 159 cm³/mol. The first-order valence-electron chi connectivity index (χ1n) is 13.8. The fraction of sp³-hybridized carbons (Fsp3) is 0.333. The summed E-state index contributed by atoms with van der Waals surface area (Å²) >= 11 is 0. The summed E-state index contributed by atoms with van der Waals surface area (Å²) in [6.07, 6.45) is 2.64. The Morgan fingerprint density at radius 3 is 1.98 bits per heavy atom. The molecule has 1 aliphatic heterocycles. The molecule has 3 aromatic carbocycles. The molecule has 1 fully saturated rings. The Morgan fingerprint density at radius 1 is 0.780 bits per heavy atom. The molecule has 4 rings (SSSR count). The van der Waals surface area contributed by atoms with Crippen LogP contribution < -0.4 is 18.9 Å². The van der Waals surface area contributed by atoms with Crippen molar-refractivity contribution < 1.29 is 28.5 Å². The van der Waals surface area contributed by atoms with Crippen LogP contribution in [0.3, 0.4) is 0 Å². The van der Waals surface area contributed by atoms with Gasteiger partial charge in [0.05, 0.1) is 27.9 Å². The van der Waals surface area contributed by atoms with Gasteiger partial charge in [-0.15, -0.1) is 0 Å². The fourth-order valence-corrected chi connectivity index (χ4v) is 4.83. The topological polar surface area (TPSA) is 77.5 Å². The van der Waals surface area contributed by atoms with Gasteiger partial charge in [0.25, 0.3) is 5.91 Å². The number of carbonyl (C=O) groups is 2. The largest absolute Gasteiger partial charge is 0.494 e. The minimum Gasteiger partial charge on any atom is -0.494 e. The maximum absolute atomic E-state index is 13.5. The van der Waals surface area contributed by atoms with Gasteiger partial charge < -0.3 is 28.7 Å². The zero-order valence-electron chi connectivity index (χ0n) is 24.4. The standard InChI is InChI=1S/C33H38N2O6/c1-6-18-41-27-12-10-24(11-13-27)28(25-9-7-8-23(2)19-25)22-31(36)34-14-16-35(17-15-34)33(37)26-20-29(38-3)32(40-5)30(21-26)39-4/h7-13,19-22H,6,14-18H2,1-5H3/b28-22+. The fourth-order valence-electron chi connectivity index (χ4n) is 4.83. The second-order valence-corrected chi connectivity index (χ2v) is 9.83. The highest BCUT2D eigenvalue weighted by Crippen LogP contribution is 2.38. The zero-order valence-corrected chi connectivity index (χ0v) is 24.4. The van der Waals surface area contributed by atoms with E-state index < -0.39 is 0 Å². The number of rotatable bonds is 10. The van der Waals surface area contributed by atoms with Crippen LogP contribution >= 0.6 is 0 Å². The third-order valence-electron chi connectivity index (χ3n) is 7.03. The highest BCUT2D eigenvalue weighted by molar-refractivity contribution is 6.00. The van der Waals surface area contributed by atoms with Crippen LogP contribution in [0.1, 0.15) is 40.4 Å². The van der Waals surface area contributed by atoms with Crippen molar-refractivity contribution in [1.29, 1.82) is 0 Å². The van der Waals surface area contributed by atoms with E-state index in [1.165, 1.54) is 21.3 Å². The summed E-state index contributed by atoms with van der Waals surface area (Å²) in [5.74, 6) is 1.83. The number of nitrogens with zero attached hydrogens (tertiary/aromatic N) is 2. The second kappa shape index (κ2) is 13.7. The molecule has 0 bridgehead atoms. The Labute approximate surface area is 242 Å². The van der Waals surface area contributed by atoms with Crippen LogP contribution in [0.4, 0.5) is 0 Å². The maximum atomic E-state index is 13.5. The van der Waals surface area contributed by atoms with Crippen LogP contribution in [0.15, 0.2) is 66.7 Å². The molecule has 1 heterocycles. The molecular weight excluding hydrogens is 520 g/mol. The van der Waals surface area contributed by atoms with E-state index in [9.17, 15) is 9.59 Å². The smallest absolute Gasteiger partial charge is 0.254 e. The lowest BCUT2D eigenvalue weighted by molar-refractivity contribution is -0.127. The van der Waals surface area contributed by atoms with Crippen LogP contribution in [-0.4, -0.2) is 75.7 Å². The van der Waals surface area contributed by atoms with Gasteiger partial charge in [0, 0.05) is 37.8 Å². The van der Waals surface area contributed by atoms with E-state index in [0.29, 0.717) is 55.6 Å². The summed E-state index contributed by atoms with van der Waals surface area (Å²) in [6, 6.07) is 19.3. The summed E-state index contributed by atoms with van der Waals surface area (Å²) in [5.41, 5.74) is 4.30. The number of piperazine rings is 1. The van der Waals surface area contributed by atoms with E-state index >= 15 is 0 Å². The van der Waals surface area contributed by atoms with Crippen LogP contribution in [0.2, 0.25) is 0 Å². The molecular formula is C33H38N2O6. The normalized spacial score (nSPS) is 13.5. The maximum Gasteiger partial charge on any atom is 0.254 e. The van der Waals surface area contributed by atoms with Crippen LogP contribution in [0.25, 0.3) is 5.57 Å². The molecule has 216 valence electrons. The average Bonchev–Trinajstić information content (AvgIpc) is 3.01. The molecule has 1 saturated heterocycles. The van der Waals surface area contributed by atoms with Crippen molar-refractivity contribution in [2.75, 3.05) is 54.1 Å². The molecule has 2 amide bonds. The molecule has 0 atom stereocenters. The van der Waals surface area contributed by atoms with Crippen molar-refractivity contribution in [2.45, 2.75) is 20.3 Å². The van der Waals surface area contributed by atoms with E-state index in [2.05, 4.69) is 13.0 Å². The number of methoxy groups -OCH3 is 3. The Bertz CT molecular complexity index is 1370. The monoisotopic (exact) mass is 558 g/mol. The van der Waals surface area contributed by atoms with Gasteiger partial charge in [-0.3, -0.25) is 9.59 Å². The third-order valence-corrected chi connectivity index (χ3v) is 7.03. The number of hydrogen-bond donors (Lipinski definition) is 0. The molecule has 0 unspecified atom stereocenters. The van der Waals surface area contributed by atoms with E-state index in [1.807, 2.05) is 49.4 Å². The average molecular weight is 559 g/mol. The van der Waals surface area contributed by atoms with Gasteiger partial charge in [-0.2, -0.15) is 0 Å². The Hall–Kier alpha value is -4.46. The number of hydrogen-bond acceptors (Lipinski definition) is 6. The summed E-state index contributed by atoms with van der Waals surface area (Å²) in [6.45, 7) is 6.45. The van der Waals surface area contributed by atoms with Crippen molar-refractivity contribution in [1.82, 2.24) is 9.80 Å². The van der Waals surface area contributed by atoms with Gasteiger partial charge in [0.1, 0.15) is 5.75 Å². The Kier molecular flexibility index (Phi) is 9.90. The minimum absolute atomic E-state index is 0.0901. The first kappa shape index (κ1) is 29.5. The number of carbonyl (C=O) groups excluding carboxylic acids is 2. The lowest BCUT2D eigenvalue weighted by Gasteiger charge is -2.34. The first-order valence-corrected chi connectivity index (χ1v) is 13.8. The highest BCUT2D eigenvalue weighted by atomic mass is 16.5. The Balaban J connectivity index is 1.51. The van der Waals surface area contributed by atoms with Crippen LogP contribution in [-0.2, 0) is 4.79 Å². The van der Waals surface area contributed by atoms with Gasteiger partial charge >= 0.3 is 0 Å². The molecule has 1 aliphatic rings. The molecule has 0 spiro atoms. The summed E-state index contributed by atoms with van der Waals surface area (Å²) in [4.78, 5) is 30.4. The third kappa shape index (κ3) is 7.01. The van der Waals surface area contributed by atoms with Crippen molar-refractivity contribution in [3.63, 3.8) is 0 Å². The Morgan fingerprint density at radius 2 is 1.41 bits per heavy atom. The minimum atomic E-state index is -0.155. The van der Waals surface area contributed by atoms with Gasteiger partial charge in [-0.05, 0) is 54.3 Å². The van der Waals surface area contributed by atoms with Crippen molar-refractivity contribution in [3.05, 3.63) is 89.0 Å². The zero-order chi connectivity index (χ0) is 29.4. The van der Waals surface area contributed by atoms with Gasteiger partial charge in [-0.1, -0.05) is 48.9 Å². The molecule has 0 saturated carbocycles. The van der Waals surface area contributed by atoms with Crippen molar-refractivity contribution in [2.24, 2.45) is 0 Å². The molecule has 0 radical (unpaired) electrons. The molecule has 8 nitrogen and oxygen atoms in total. The number of benzene rings is 3. The highest BCUT2D eigenvalue weighted by Gasteiger charge is 2.26. The van der Waals surface area contributed by atoms with Crippen LogP contribution in [0.5, 0.6) is 23.0 Å².